The third kappa shape index (κ3) is 4.22. The first-order chi connectivity index (χ1) is 15.9. The van der Waals surface area contributed by atoms with Gasteiger partial charge in [0, 0.05) is 10.8 Å². The summed E-state index contributed by atoms with van der Waals surface area (Å²) in [5.74, 6) is -0.682. The van der Waals surface area contributed by atoms with E-state index in [1.54, 1.807) is 54.8 Å². The number of thiophene rings is 1. The third-order valence-corrected chi connectivity index (χ3v) is 5.84. The Balaban J connectivity index is 1.89. The lowest BCUT2D eigenvalue weighted by Crippen LogP contribution is -2.25. The first kappa shape index (κ1) is 22.2. The molecule has 1 N–H and O–H groups in total. The molecule has 0 spiro atoms. The van der Waals surface area contributed by atoms with E-state index in [1.165, 1.54) is 7.11 Å². The van der Waals surface area contributed by atoms with Crippen LogP contribution in [-0.2, 0) is 4.74 Å². The fourth-order valence-corrected chi connectivity index (χ4v) is 4.36. The number of hydrogen-bond acceptors (Lipinski definition) is 7. The van der Waals surface area contributed by atoms with Crippen molar-refractivity contribution in [3.63, 3.8) is 0 Å². The van der Waals surface area contributed by atoms with Crippen LogP contribution in [0.5, 0.6) is 5.75 Å². The first-order valence-electron chi connectivity index (χ1n) is 10.2. The normalized spacial score (nSPS) is 10.8. The largest absolute Gasteiger partial charge is 0.496 e. The second kappa shape index (κ2) is 9.25. The Morgan fingerprint density at radius 3 is 2.67 bits per heavy atom. The smallest absolute Gasteiger partial charge is 0.359 e. The molecule has 2 aromatic heterocycles. The maximum atomic E-state index is 13.5. The van der Waals surface area contributed by atoms with Crippen LogP contribution >= 0.6 is 11.3 Å². The zero-order valence-corrected chi connectivity index (χ0v) is 19.1. The third-order valence-electron chi connectivity index (χ3n) is 4.95. The molecule has 4 rings (SSSR count). The van der Waals surface area contributed by atoms with Gasteiger partial charge in [-0.15, -0.1) is 11.3 Å². The molecule has 2 heterocycles. The second-order valence-corrected chi connectivity index (χ2v) is 8.01. The van der Waals surface area contributed by atoms with Crippen molar-refractivity contribution in [2.24, 2.45) is 0 Å². The molecule has 0 unspecified atom stereocenters. The summed E-state index contributed by atoms with van der Waals surface area (Å²) in [6, 6.07) is 14.0. The lowest BCUT2D eigenvalue weighted by Gasteiger charge is -2.11. The van der Waals surface area contributed by atoms with Crippen molar-refractivity contribution in [3.8, 4) is 11.4 Å². The minimum Gasteiger partial charge on any atom is -0.496 e. The number of nitrogens with zero attached hydrogens (tertiary/aromatic N) is 2. The molecule has 0 fully saturated rings. The zero-order chi connectivity index (χ0) is 23.5. The number of aryl methyl sites for hydroxylation is 1. The van der Waals surface area contributed by atoms with Crippen LogP contribution in [0.4, 0.5) is 5.00 Å². The van der Waals surface area contributed by atoms with E-state index in [4.69, 9.17) is 9.47 Å². The van der Waals surface area contributed by atoms with Gasteiger partial charge in [-0.05, 0) is 43.7 Å². The molecule has 0 atom stereocenters. The Hall–Kier alpha value is -3.98. The maximum absolute atomic E-state index is 13.5. The number of rotatable bonds is 6. The average molecular weight is 464 g/mol. The summed E-state index contributed by atoms with van der Waals surface area (Å²) in [4.78, 5) is 39.1. The monoisotopic (exact) mass is 463 g/mol. The standard InChI is InChI=1S/C24H21N3O5S/c1-4-32-24(30)20-17-13-33-22(25-21(28)16-10-5-6-11-18(16)31-3)19(17)23(29)27(26-20)15-9-7-8-14(2)12-15/h5-13H,4H2,1-3H3,(H,25,28). The molecule has 0 aliphatic carbocycles. The topological polar surface area (TPSA) is 99.5 Å². The van der Waals surface area contributed by atoms with Crippen molar-refractivity contribution in [2.45, 2.75) is 13.8 Å². The zero-order valence-electron chi connectivity index (χ0n) is 18.2. The van der Waals surface area contributed by atoms with Crippen LogP contribution in [0.15, 0.2) is 58.7 Å². The molecule has 0 saturated heterocycles. The number of nitrogens with one attached hydrogen (secondary N) is 1. The molecule has 168 valence electrons. The number of amides is 1. The Kier molecular flexibility index (Phi) is 6.23. The predicted molar refractivity (Wildman–Crippen MR) is 127 cm³/mol. The van der Waals surface area contributed by atoms with Crippen molar-refractivity contribution in [1.82, 2.24) is 9.78 Å². The fourth-order valence-electron chi connectivity index (χ4n) is 3.43. The molecule has 4 aromatic rings. The number of fused-ring (bicyclic) bond motifs is 1. The minimum atomic E-state index is -0.649. The van der Waals surface area contributed by atoms with Gasteiger partial charge in [-0.1, -0.05) is 24.3 Å². The molecule has 0 bridgehead atoms. The quantitative estimate of drug-likeness (QED) is 0.431. The number of methoxy groups -OCH3 is 1. The highest BCUT2D eigenvalue weighted by Gasteiger charge is 2.24. The van der Waals surface area contributed by atoms with Gasteiger partial charge in [0.1, 0.15) is 10.8 Å². The molecule has 0 radical (unpaired) electrons. The number of hydrogen-bond donors (Lipinski definition) is 1. The fraction of sp³-hybridized carbons (Fsp3) is 0.167. The van der Waals surface area contributed by atoms with Gasteiger partial charge in [-0.3, -0.25) is 9.59 Å². The molecule has 9 heteroatoms. The summed E-state index contributed by atoms with van der Waals surface area (Å²) in [7, 11) is 1.48. The van der Waals surface area contributed by atoms with E-state index in [-0.39, 0.29) is 17.7 Å². The van der Waals surface area contributed by atoms with E-state index in [0.717, 1.165) is 21.6 Å². The van der Waals surface area contributed by atoms with Crippen LogP contribution in [0, 0.1) is 6.92 Å². The van der Waals surface area contributed by atoms with Gasteiger partial charge >= 0.3 is 5.97 Å². The van der Waals surface area contributed by atoms with Crippen molar-refractivity contribution >= 4 is 39.0 Å². The summed E-state index contributed by atoms with van der Waals surface area (Å²) in [5.41, 5.74) is 1.29. The maximum Gasteiger partial charge on any atom is 0.359 e. The van der Waals surface area contributed by atoms with Gasteiger partial charge in [0.25, 0.3) is 11.5 Å². The van der Waals surface area contributed by atoms with E-state index in [1.807, 2.05) is 13.0 Å². The predicted octanol–water partition coefficient (Wildman–Crippen LogP) is 4.19. The molecular formula is C24H21N3O5S. The van der Waals surface area contributed by atoms with Gasteiger partial charge in [0.05, 0.1) is 30.4 Å². The highest BCUT2D eigenvalue weighted by Crippen LogP contribution is 2.31. The molecule has 33 heavy (non-hydrogen) atoms. The molecule has 1 amide bonds. The van der Waals surface area contributed by atoms with E-state index < -0.39 is 17.4 Å². The van der Waals surface area contributed by atoms with Gasteiger partial charge in [-0.2, -0.15) is 9.78 Å². The van der Waals surface area contributed by atoms with E-state index in [2.05, 4.69) is 10.4 Å². The lowest BCUT2D eigenvalue weighted by atomic mass is 10.1. The van der Waals surface area contributed by atoms with Crippen molar-refractivity contribution in [3.05, 3.63) is 81.1 Å². The van der Waals surface area contributed by atoms with E-state index in [0.29, 0.717) is 27.4 Å². The van der Waals surface area contributed by atoms with Crippen molar-refractivity contribution in [2.75, 3.05) is 19.0 Å². The molecular weight excluding hydrogens is 442 g/mol. The van der Waals surface area contributed by atoms with E-state index >= 15 is 0 Å². The number of para-hydroxylation sites is 1. The number of carbonyl (C=O) groups excluding carboxylic acids is 2. The Labute approximate surface area is 193 Å². The SMILES string of the molecule is CCOC(=O)c1nn(-c2cccc(C)c2)c(=O)c2c(NC(=O)c3ccccc3OC)scc12. The number of carbonyl (C=O) groups is 2. The number of anilines is 1. The number of ether oxygens (including phenoxy) is 2. The highest BCUT2D eigenvalue weighted by atomic mass is 32.1. The van der Waals surface area contributed by atoms with Crippen LogP contribution in [0.3, 0.4) is 0 Å². The molecule has 0 aliphatic heterocycles. The van der Waals surface area contributed by atoms with Crippen LogP contribution in [0.25, 0.3) is 16.5 Å². The molecule has 0 saturated carbocycles. The second-order valence-electron chi connectivity index (χ2n) is 7.13. The van der Waals surface area contributed by atoms with Gasteiger partial charge in [0.15, 0.2) is 5.69 Å². The average Bonchev–Trinajstić information content (AvgIpc) is 3.23. The number of esters is 1. The molecule has 2 aromatic carbocycles. The van der Waals surface area contributed by atoms with Crippen molar-refractivity contribution < 1.29 is 19.1 Å². The van der Waals surface area contributed by atoms with Crippen molar-refractivity contribution in [1.29, 1.82) is 0 Å². The summed E-state index contributed by atoms with van der Waals surface area (Å²) in [6.45, 7) is 3.74. The van der Waals surface area contributed by atoms with Crippen LogP contribution in [0.2, 0.25) is 0 Å². The van der Waals surface area contributed by atoms with E-state index in [9.17, 15) is 14.4 Å². The highest BCUT2D eigenvalue weighted by molar-refractivity contribution is 7.16. The summed E-state index contributed by atoms with van der Waals surface area (Å²) >= 11 is 1.14. The Bertz CT molecular complexity index is 1420. The van der Waals surface area contributed by atoms with Crippen LogP contribution in [-0.4, -0.2) is 35.4 Å². The number of aromatic nitrogens is 2. The minimum absolute atomic E-state index is 0.00185. The van der Waals surface area contributed by atoms with Gasteiger partial charge < -0.3 is 14.8 Å². The Morgan fingerprint density at radius 2 is 1.94 bits per heavy atom. The molecule has 8 nitrogen and oxygen atoms in total. The van der Waals surface area contributed by atoms with Crippen LogP contribution in [0.1, 0.15) is 33.3 Å². The van der Waals surface area contributed by atoms with Gasteiger partial charge in [-0.25, -0.2) is 4.79 Å². The Morgan fingerprint density at radius 1 is 1.15 bits per heavy atom. The summed E-state index contributed by atoms with van der Waals surface area (Å²) in [5, 5.41) is 9.53. The number of benzene rings is 2. The first-order valence-corrected chi connectivity index (χ1v) is 11.1. The summed E-state index contributed by atoms with van der Waals surface area (Å²) < 4.78 is 11.6. The van der Waals surface area contributed by atoms with Gasteiger partial charge in [0.2, 0.25) is 0 Å². The lowest BCUT2D eigenvalue weighted by molar-refractivity contribution is 0.0520. The van der Waals surface area contributed by atoms with Crippen LogP contribution < -0.4 is 15.6 Å². The molecule has 0 aliphatic rings. The summed E-state index contributed by atoms with van der Waals surface area (Å²) in [6.07, 6.45) is 0.